The van der Waals surface area contributed by atoms with E-state index in [1.54, 1.807) is 6.07 Å². The molecule has 3 heterocycles. The van der Waals surface area contributed by atoms with E-state index in [0.29, 0.717) is 24.6 Å². The molecular formula is C18H17FN8O3. The highest BCUT2D eigenvalue weighted by Crippen LogP contribution is 2.25. The number of nitrogens with zero attached hydrogens (tertiary/aromatic N) is 7. The normalized spacial score (nSPS) is 16.3. The van der Waals surface area contributed by atoms with E-state index < -0.39 is 16.4 Å². The number of benzene rings is 1. The minimum atomic E-state index is -0.950. The number of piperidine rings is 1. The van der Waals surface area contributed by atoms with Gasteiger partial charge in [-0.15, -0.1) is 0 Å². The Morgan fingerprint density at radius 3 is 2.83 bits per heavy atom. The van der Waals surface area contributed by atoms with Gasteiger partial charge in [0, 0.05) is 30.9 Å². The molecule has 3 aromatic rings. The van der Waals surface area contributed by atoms with E-state index in [1.807, 2.05) is 4.90 Å². The molecule has 0 bridgehead atoms. The second kappa shape index (κ2) is 8.19. The van der Waals surface area contributed by atoms with Crippen molar-refractivity contribution in [1.29, 1.82) is 0 Å². The van der Waals surface area contributed by atoms with Crippen LogP contribution >= 0.6 is 0 Å². The van der Waals surface area contributed by atoms with Crippen LogP contribution in [0.25, 0.3) is 5.82 Å². The number of carbonyl (C=O) groups excluding carboxylic acids is 1. The number of anilines is 2. The lowest BCUT2D eigenvalue weighted by molar-refractivity contribution is -0.387. The van der Waals surface area contributed by atoms with Gasteiger partial charge in [-0.05, 0) is 25.0 Å². The fourth-order valence-electron chi connectivity index (χ4n) is 3.34. The molecular weight excluding hydrogens is 395 g/mol. The first-order chi connectivity index (χ1) is 14.5. The van der Waals surface area contributed by atoms with Gasteiger partial charge in [-0.3, -0.25) is 14.9 Å². The second-order valence-electron chi connectivity index (χ2n) is 6.77. The van der Waals surface area contributed by atoms with Gasteiger partial charge in [-0.25, -0.2) is 19.6 Å². The van der Waals surface area contributed by atoms with E-state index in [0.717, 1.165) is 25.1 Å². The number of nitro groups is 1. The number of nitro benzene ring substituents is 1. The molecule has 1 amide bonds. The maximum absolute atomic E-state index is 13.5. The highest BCUT2D eigenvalue weighted by Gasteiger charge is 2.27. The van der Waals surface area contributed by atoms with Crippen molar-refractivity contribution in [1.82, 2.24) is 24.7 Å². The van der Waals surface area contributed by atoms with E-state index in [4.69, 9.17) is 0 Å². The summed E-state index contributed by atoms with van der Waals surface area (Å²) in [5, 5.41) is 17.6. The zero-order valence-corrected chi connectivity index (χ0v) is 15.7. The summed E-state index contributed by atoms with van der Waals surface area (Å²) in [7, 11) is 0. The van der Waals surface area contributed by atoms with Crippen molar-refractivity contribution in [3.63, 3.8) is 0 Å². The average Bonchev–Trinajstić information content (AvgIpc) is 3.30. The fraction of sp³-hybridized carbons (Fsp3) is 0.278. The van der Waals surface area contributed by atoms with Gasteiger partial charge in [0.05, 0.1) is 10.8 Å². The van der Waals surface area contributed by atoms with Crippen LogP contribution in [0, 0.1) is 21.8 Å². The molecule has 30 heavy (non-hydrogen) atoms. The van der Waals surface area contributed by atoms with Gasteiger partial charge in [0.15, 0.2) is 5.82 Å². The van der Waals surface area contributed by atoms with E-state index >= 15 is 0 Å². The molecule has 1 N–H and O–H groups in total. The quantitative estimate of drug-likeness (QED) is 0.497. The van der Waals surface area contributed by atoms with Crippen molar-refractivity contribution in [3.8, 4) is 5.82 Å². The number of nitrogens with one attached hydrogen (secondary N) is 1. The van der Waals surface area contributed by atoms with Crippen molar-refractivity contribution in [2.24, 2.45) is 5.92 Å². The molecule has 0 aliphatic carbocycles. The van der Waals surface area contributed by atoms with Crippen LogP contribution in [-0.2, 0) is 4.79 Å². The topological polar surface area (TPSA) is 132 Å². The molecule has 1 saturated heterocycles. The molecule has 1 unspecified atom stereocenters. The molecule has 1 fully saturated rings. The van der Waals surface area contributed by atoms with Crippen LogP contribution in [0.1, 0.15) is 12.8 Å². The summed E-state index contributed by atoms with van der Waals surface area (Å²) in [5.74, 6) is -0.374. The lowest BCUT2D eigenvalue weighted by atomic mass is 9.97. The smallest absolute Gasteiger partial charge is 0.306 e. The average molecular weight is 412 g/mol. The highest BCUT2D eigenvalue weighted by molar-refractivity contribution is 5.93. The minimum absolute atomic E-state index is 0.181. The molecule has 4 rings (SSSR count). The zero-order chi connectivity index (χ0) is 21.1. The molecule has 11 nitrogen and oxygen atoms in total. The predicted octanol–water partition coefficient (Wildman–Crippen LogP) is 1.96. The molecule has 12 heteroatoms. The number of hydrogen-bond donors (Lipinski definition) is 1. The van der Waals surface area contributed by atoms with Gasteiger partial charge >= 0.3 is 5.69 Å². The van der Waals surface area contributed by atoms with Crippen molar-refractivity contribution < 1.29 is 14.1 Å². The number of hydrogen-bond acceptors (Lipinski definition) is 8. The van der Waals surface area contributed by atoms with Crippen molar-refractivity contribution >= 4 is 23.1 Å². The third kappa shape index (κ3) is 4.06. The third-order valence-electron chi connectivity index (χ3n) is 4.82. The van der Waals surface area contributed by atoms with E-state index in [2.05, 4.69) is 25.4 Å². The minimum Gasteiger partial charge on any atom is -0.356 e. The zero-order valence-electron chi connectivity index (χ0n) is 15.7. The largest absolute Gasteiger partial charge is 0.356 e. The van der Waals surface area contributed by atoms with Crippen LogP contribution in [0.4, 0.5) is 21.6 Å². The molecule has 1 aliphatic rings. The maximum atomic E-state index is 13.5. The van der Waals surface area contributed by atoms with E-state index in [1.165, 1.54) is 29.7 Å². The van der Waals surface area contributed by atoms with Crippen LogP contribution < -0.4 is 10.2 Å². The highest BCUT2D eigenvalue weighted by atomic mass is 19.1. The monoisotopic (exact) mass is 412 g/mol. The summed E-state index contributed by atoms with van der Waals surface area (Å²) in [5.41, 5.74) is -0.500. The molecule has 0 radical (unpaired) electrons. The predicted molar refractivity (Wildman–Crippen MR) is 104 cm³/mol. The van der Waals surface area contributed by atoms with Crippen LogP contribution in [-0.4, -0.2) is 48.7 Å². The Morgan fingerprint density at radius 1 is 1.23 bits per heavy atom. The maximum Gasteiger partial charge on any atom is 0.306 e. The van der Waals surface area contributed by atoms with E-state index in [-0.39, 0.29) is 17.5 Å². The second-order valence-corrected chi connectivity index (χ2v) is 6.77. The summed E-state index contributed by atoms with van der Waals surface area (Å²) >= 11 is 0. The van der Waals surface area contributed by atoms with E-state index in [9.17, 15) is 19.3 Å². The Labute approximate surface area is 169 Å². The van der Waals surface area contributed by atoms with Crippen molar-refractivity contribution in [2.75, 3.05) is 23.3 Å². The summed E-state index contributed by atoms with van der Waals surface area (Å²) < 4.78 is 15.0. The van der Waals surface area contributed by atoms with Gasteiger partial charge in [-0.1, -0.05) is 0 Å². The SMILES string of the molecule is O=C(Nc1ccc(F)c([N+](=O)[O-])c1)C1CCCN(c2cc(-n3cncn3)ncn2)C1. The summed E-state index contributed by atoms with van der Waals surface area (Å²) in [4.78, 5) is 37.1. The number of carbonyl (C=O) groups is 1. The molecule has 1 aliphatic heterocycles. The molecule has 0 spiro atoms. The van der Waals surface area contributed by atoms with Crippen molar-refractivity contribution in [2.45, 2.75) is 12.8 Å². The number of halogens is 1. The lowest BCUT2D eigenvalue weighted by Crippen LogP contribution is -2.41. The van der Waals surface area contributed by atoms with Gasteiger partial charge in [-0.2, -0.15) is 9.49 Å². The molecule has 2 aromatic heterocycles. The molecule has 154 valence electrons. The summed E-state index contributed by atoms with van der Waals surface area (Å²) in [6, 6.07) is 5.05. The Kier molecular flexibility index (Phi) is 5.28. The number of rotatable bonds is 5. The Balaban J connectivity index is 1.46. The van der Waals surface area contributed by atoms with Gasteiger partial charge < -0.3 is 10.2 Å². The molecule has 1 atom stereocenters. The van der Waals surface area contributed by atoms with Gasteiger partial charge in [0.1, 0.15) is 24.8 Å². The van der Waals surface area contributed by atoms with Gasteiger partial charge in [0.2, 0.25) is 11.7 Å². The van der Waals surface area contributed by atoms with Crippen LogP contribution in [0.5, 0.6) is 0 Å². The Hall–Kier alpha value is -3.96. The number of amides is 1. The first-order valence-corrected chi connectivity index (χ1v) is 9.18. The summed E-state index contributed by atoms with van der Waals surface area (Å²) in [6.07, 6.45) is 5.79. The van der Waals surface area contributed by atoms with Crippen LogP contribution in [0.2, 0.25) is 0 Å². The van der Waals surface area contributed by atoms with Crippen LogP contribution in [0.15, 0.2) is 43.2 Å². The summed E-state index contributed by atoms with van der Waals surface area (Å²) in [6.45, 7) is 1.14. The number of aromatic nitrogens is 5. The van der Waals surface area contributed by atoms with Crippen LogP contribution in [0.3, 0.4) is 0 Å². The standard InChI is InChI=1S/C18H17FN8O3/c19-14-4-3-13(6-15(14)27(29)30)24-18(28)12-2-1-5-25(8-12)16-7-17(22-10-21-16)26-11-20-9-23-26/h3-4,6-7,9-12H,1-2,5,8H2,(H,24,28). The van der Waals surface area contributed by atoms with Gasteiger partial charge in [0.25, 0.3) is 0 Å². The molecule has 0 saturated carbocycles. The van der Waals surface area contributed by atoms with Crippen molar-refractivity contribution in [3.05, 3.63) is 59.2 Å². The fourth-order valence-corrected chi connectivity index (χ4v) is 3.34. The molecule has 1 aromatic carbocycles. The lowest BCUT2D eigenvalue weighted by Gasteiger charge is -2.32. The Bertz CT molecular complexity index is 1080. The first kappa shape index (κ1) is 19.4. The third-order valence-corrected chi connectivity index (χ3v) is 4.82. The Morgan fingerprint density at radius 2 is 2.07 bits per heavy atom. The first-order valence-electron chi connectivity index (χ1n) is 9.18.